The number of anilines is 1. The smallest absolute Gasteiger partial charge is 0.346 e. The zero-order valence-corrected chi connectivity index (χ0v) is 16.8. The molecule has 0 saturated heterocycles. The monoisotopic (exact) mass is 448 g/mol. The Bertz CT molecular complexity index is 1470. The number of nitrogens with zero attached hydrogens (tertiary/aromatic N) is 4. The molecule has 7 nitrogen and oxygen atoms in total. The van der Waals surface area contributed by atoms with E-state index in [0.29, 0.717) is 0 Å². The van der Waals surface area contributed by atoms with Crippen LogP contribution in [0.2, 0.25) is 0 Å². The van der Waals surface area contributed by atoms with Crippen LogP contribution < -0.4 is 5.32 Å². The van der Waals surface area contributed by atoms with E-state index in [4.69, 9.17) is 0 Å². The lowest BCUT2D eigenvalue weighted by Crippen LogP contribution is -2.15. The molecule has 0 bridgehead atoms. The number of halogens is 3. The molecule has 0 saturated carbocycles. The van der Waals surface area contributed by atoms with Gasteiger partial charge in [0.1, 0.15) is 11.3 Å². The van der Waals surface area contributed by atoms with Gasteiger partial charge in [-0.15, -0.1) is 0 Å². The number of hydrogen-bond acceptors (Lipinski definition) is 4. The number of carbonyl (C=O) groups is 1. The Morgan fingerprint density at radius 3 is 2.70 bits per heavy atom. The first-order valence-corrected chi connectivity index (χ1v) is 9.82. The van der Waals surface area contributed by atoms with E-state index in [1.54, 1.807) is 24.5 Å². The van der Waals surface area contributed by atoms with Crippen molar-refractivity contribution in [3.05, 3.63) is 90.6 Å². The van der Waals surface area contributed by atoms with E-state index in [9.17, 15) is 18.0 Å². The minimum atomic E-state index is -4.53. The van der Waals surface area contributed by atoms with Gasteiger partial charge in [-0.25, -0.2) is 9.67 Å². The lowest BCUT2D eigenvalue weighted by Gasteiger charge is -2.12. The van der Waals surface area contributed by atoms with Crippen LogP contribution in [0.15, 0.2) is 79.4 Å². The lowest BCUT2D eigenvalue weighted by atomic mass is 10.1. The second-order valence-corrected chi connectivity index (χ2v) is 7.18. The molecule has 0 unspecified atom stereocenters. The molecule has 0 aliphatic heterocycles. The fourth-order valence-corrected chi connectivity index (χ4v) is 3.45. The Kier molecular flexibility index (Phi) is 4.89. The van der Waals surface area contributed by atoms with E-state index in [2.05, 4.69) is 25.4 Å². The van der Waals surface area contributed by atoms with Crippen LogP contribution in [0.3, 0.4) is 0 Å². The van der Waals surface area contributed by atoms with Gasteiger partial charge in [0.25, 0.3) is 5.91 Å². The molecule has 5 rings (SSSR count). The van der Waals surface area contributed by atoms with Gasteiger partial charge >= 0.3 is 6.18 Å². The quantitative estimate of drug-likeness (QED) is 0.401. The van der Waals surface area contributed by atoms with Crippen molar-refractivity contribution >= 4 is 22.8 Å². The molecular weight excluding hydrogens is 433 g/mol. The van der Waals surface area contributed by atoms with Crippen molar-refractivity contribution in [3.63, 3.8) is 0 Å². The van der Waals surface area contributed by atoms with Crippen LogP contribution in [-0.2, 0) is 6.18 Å². The summed E-state index contributed by atoms with van der Waals surface area (Å²) in [5.74, 6) is -0.443. The first-order chi connectivity index (χ1) is 15.9. The number of carbonyl (C=O) groups excluding carboxylic acids is 1. The standard InChI is InChI=1S/C23H15F3N6O/c24-23(25,26)17-3-1-2-4-19(17)32-10-7-20(31-32)30-22(33)18-12-14(5-8-27-18)16-11-15-6-9-28-21(15)29-13-16/h1-13H,(H,28,29)(H,30,31,33). The number of rotatable bonds is 4. The second-order valence-electron chi connectivity index (χ2n) is 7.18. The van der Waals surface area contributed by atoms with Crippen molar-refractivity contribution in [1.82, 2.24) is 24.7 Å². The van der Waals surface area contributed by atoms with Crippen LogP contribution in [0, 0.1) is 0 Å². The summed E-state index contributed by atoms with van der Waals surface area (Å²) in [6.07, 6.45) is 1.80. The molecule has 0 fully saturated rings. The predicted molar refractivity (Wildman–Crippen MR) is 116 cm³/mol. The van der Waals surface area contributed by atoms with Crippen LogP contribution in [0.25, 0.3) is 27.8 Å². The van der Waals surface area contributed by atoms with Gasteiger partial charge in [-0.3, -0.25) is 9.78 Å². The van der Waals surface area contributed by atoms with Gasteiger partial charge < -0.3 is 10.3 Å². The van der Waals surface area contributed by atoms with E-state index in [-0.39, 0.29) is 17.2 Å². The highest BCUT2D eigenvalue weighted by atomic mass is 19.4. The average molecular weight is 448 g/mol. The van der Waals surface area contributed by atoms with E-state index < -0.39 is 17.6 Å². The summed E-state index contributed by atoms with van der Waals surface area (Å²) in [4.78, 5) is 24.2. The van der Waals surface area contributed by atoms with Gasteiger partial charge in [-0.1, -0.05) is 12.1 Å². The van der Waals surface area contributed by atoms with Crippen molar-refractivity contribution in [2.45, 2.75) is 6.18 Å². The highest BCUT2D eigenvalue weighted by molar-refractivity contribution is 6.03. The Hall–Kier alpha value is -4.47. The Labute approximate surface area is 184 Å². The number of aromatic nitrogens is 5. The topological polar surface area (TPSA) is 88.5 Å². The number of nitrogens with one attached hydrogen (secondary N) is 2. The van der Waals surface area contributed by atoms with E-state index in [1.165, 1.54) is 36.7 Å². The number of amides is 1. The van der Waals surface area contributed by atoms with E-state index in [1.807, 2.05) is 12.1 Å². The van der Waals surface area contributed by atoms with Crippen molar-refractivity contribution in [2.24, 2.45) is 0 Å². The molecule has 0 spiro atoms. The second kappa shape index (κ2) is 7.90. The molecule has 0 radical (unpaired) electrons. The number of hydrogen-bond donors (Lipinski definition) is 2. The Morgan fingerprint density at radius 2 is 1.85 bits per heavy atom. The fourth-order valence-electron chi connectivity index (χ4n) is 3.45. The number of pyridine rings is 2. The summed E-state index contributed by atoms with van der Waals surface area (Å²) in [5.41, 5.74) is 1.48. The normalized spacial score (nSPS) is 11.6. The van der Waals surface area contributed by atoms with Gasteiger partial charge in [0.2, 0.25) is 0 Å². The number of benzene rings is 1. The molecule has 164 valence electrons. The van der Waals surface area contributed by atoms with Crippen molar-refractivity contribution in [1.29, 1.82) is 0 Å². The molecule has 1 amide bonds. The zero-order chi connectivity index (χ0) is 23.0. The van der Waals surface area contributed by atoms with Gasteiger partial charge in [-0.2, -0.15) is 18.3 Å². The fraction of sp³-hybridized carbons (Fsp3) is 0.0435. The highest BCUT2D eigenvalue weighted by Gasteiger charge is 2.33. The molecule has 0 aliphatic rings. The number of fused-ring (bicyclic) bond motifs is 1. The number of para-hydroxylation sites is 1. The average Bonchev–Trinajstić information content (AvgIpc) is 3.47. The molecular formula is C23H15F3N6O. The maximum Gasteiger partial charge on any atom is 0.418 e. The minimum absolute atomic E-state index is 0.0968. The van der Waals surface area contributed by atoms with Crippen LogP contribution in [0.5, 0.6) is 0 Å². The third-order valence-corrected chi connectivity index (χ3v) is 5.01. The first kappa shape index (κ1) is 20.4. The molecule has 4 aromatic heterocycles. The summed E-state index contributed by atoms with van der Waals surface area (Å²) in [5, 5.41) is 7.58. The van der Waals surface area contributed by atoms with Crippen molar-refractivity contribution < 1.29 is 18.0 Å². The van der Waals surface area contributed by atoms with Crippen LogP contribution >= 0.6 is 0 Å². The summed E-state index contributed by atoms with van der Waals surface area (Å²) >= 11 is 0. The molecule has 0 aliphatic carbocycles. The van der Waals surface area contributed by atoms with Crippen LogP contribution in [-0.4, -0.2) is 30.6 Å². The molecule has 4 heterocycles. The molecule has 2 N–H and O–H groups in total. The maximum atomic E-state index is 13.3. The molecule has 33 heavy (non-hydrogen) atoms. The maximum absolute atomic E-state index is 13.3. The molecule has 10 heteroatoms. The minimum Gasteiger partial charge on any atom is -0.346 e. The summed E-state index contributed by atoms with van der Waals surface area (Å²) < 4.78 is 40.9. The van der Waals surface area contributed by atoms with Crippen molar-refractivity contribution in [3.8, 4) is 16.8 Å². The van der Waals surface area contributed by atoms with Gasteiger partial charge in [0.05, 0.1) is 11.3 Å². The Balaban J connectivity index is 1.38. The van der Waals surface area contributed by atoms with E-state index in [0.717, 1.165) is 32.9 Å². The van der Waals surface area contributed by atoms with Crippen molar-refractivity contribution in [2.75, 3.05) is 5.32 Å². The first-order valence-electron chi connectivity index (χ1n) is 9.82. The third kappa shape index (κ3) is 4.05. The lowest BCUT2D eigenvalue weighted by molar-refractivity contribution is -0.137. The predicted octanol–water partition coefficient (Wildman–Crippen LogP) is 5.08. The third-order valence-electron chi connectivity index (χ3n) is 5.01. The molecule has 1 aromatic carbocycles. The summed E-state index contributed by atoms with van der Waals surface area (Å²) in [6, 6.07) is 13.7. The highest BCUT2D eigenvalue weighted by Crippen LogP contribution is 2.33. The number of alkyl halides is 3. The zero-order valence-electron chi connectivity index (χ0n) is 16.8. The van der Waals surface area contributed by atoms with E-state index >= 15 is 0 Å². The largest absolute Gasteiger partial charge is 0.418 e. The van der Waals surface area contributed by atoms with Crippen LogP contribution in [0.4, 0.5) is 19.0 Å². The summed E-state index contributed by atoms with van der Waals surface area (Å²) in [7, 11) is 0. The van der Waals surface area contributed by atoms with Crippen LogP contribution in [0.1, 0.15) is 16.1 Å². The molecule has 5 aromatic rings. The number of aromatic amines is 1. The SMILES string of the molecule is O=C(Nc1ccn(-c2ccccc2C(F)(F)F)n1)c1cc(-c2cnc3[nH]ccc3c2)ccn1. The van der Waals surface area contributed by atoms with Gasteiger partial charge in [0, 0.05) is 41.8 Å². The van der Waals surface area contributed by atoms with Gasteiger partial charge in [0.15, 0.2) is 5.82 Å². The summed E-state index contributed by atoms with van der Waals surface area (Å²) in [6.45, 7) is 0. The number of H-pyrrole nitrogens is 1. The Morgan fingerprint density at radius 1 is 1.00 bits per heavy atom. The molecule has 0 atom stereocenters. The van der Waals surface area contributed by atoms with Gasteiger partial charge in [-0.05, 0) is 42.0 Å².